The first-order valence-corrected chi connectivity index (χ1v) is 26.4. The number of pyridine rings is 1. The van der Waals surface area contributed by atoms with E-state index in [-0.39, 0.29) is 18.6 Å². The number of hydrogen-bond acceptors (Lipinski definition) is 21. The Balaban J connectivity index is 1.37. The summed E-state index contributed by atoms with van der Waals surface area (Å²) in [6, 6.07) is 2.62. The third kappa shape index (κ3) is 19.4. The SMILES string of the molecule is CCCCCCCCCCCCCCCCCC(=O)N[C@@H](CO[C@@H]1OC(CO)[C@@H](O[C@@H]2OC(CO)[C@H](O)C(O[C@]3(C=O)CC(O)C(NC(C)=O)C([C@H](O)[C@H](O)CO)O3)C2O)C(O)C1O)[C@H](O)/C=C/c1ccccn1. The predicted octanol–water partition coefficient (Wildman–Crippen LogP) is -0.869. The normalized spacial score (nSPS) is 32.1. The van der Waals surface area contributed by atoms with Gasteiger partial charge in [0.25, 0.3) is 0 Å². The Hall–Kier alpha value is -3.18. The number of hydrogen-bond donors (Lipinski definition) is 13. The van der Waals surface area contributed by atoms with Gasteiger partial charge in [-0.15, -0.1) is 0 Å². The van der Waals surface area contributed by atoms with Gasteiger partial charge in [0.1, 0.15) is 67.1 Å². The quantitative estimate of drug-likeness (QED) is 0.0295. The number of aldehydes is 1. The lowest BCUT2D eigenvalue weighted by Crippen LogP contribution is -2.69. The average molecular weight is 1060 g/mol. The summed E-state index contributed by atoms with van der Waals surface area (Å²) in [5, 5.41) is 124. The van der Waals surface area contributed by atoms with Crippen LogP contribution in [0.25, 0.3) is 6.08 Å². The number of rotatable bonds is 34. The van der Waals surface area contributed by atoms with Crippen LogP contribution in [0.1, 0.15) is 129 Å². The van der Waals surface area contributed by atoms with E-state index < -0.39 is 149 Å². The molecule has 3 saturated heterocycles. The van der Waals surface area contributed by atoms with Gasteiger partial charge in [0.2, 0.25) is 17.6 Å². The maximum Gasteiger partial charge on any atom is 0.229 e. The van der Waals surface area contributed by atoms with Crippen LogP contribution in [-0.2, 0) is 42.8 Å². The minimum Gasteiger partial charge on any atom is -0.394 e. The van der Waals surface area contributed by atoms with E-state index in [2.05, 4.69) is 22.5 Å². The Labute approximate surface area is 433 Å². The molecule has 13 N–H and O–H groups in total. The molecule has 3 aliphatic rings. The van der Waals surface area contributed by atoms with Crippen LogP contribution in [0.15, 0.2) is 30.5 Å². The molecule has 0 radical (unpaired) electrons. The van der Waals surface area contributed by atoms with Crippen molar-refractivity contribution < 1.29 is 99.0 Å². The molecule has 9 unspecified atom stereocenters. The van der Waals surface area contributed by atoms with E-state index in [1.165, 1.54) is 70.3 Å². The molecule has 18 atom stereocenters. The number of ether oxygens (including phenoxy) is 6. The van der Waals surface area contributed by atoms with E-state index in [9.17, 15) is 70.6 Å². The van der Waals surface area contributed by atoms with Crippen molar-refractivity contribution in [3.63, 3.8) is 0 Å². The van der Waals surface area contributed by atoms with Gasteiger partial charge >= 0.3 is 0 Å². The molecule has 74 heavy (non-hydrogen) atoms. The largest absolute Gasteiger partial charge is 0.394 e. The molecule has 424 valence electrons. The first-order valence-electron chi connectivity index (χ1n) is 26.4. The summed E-state index contributed by atoms with van der Waals surface area (Å²) in [6.45, 7) is -0.00738. The van der Waals surface area contributed by atoms with Crippen molar-refractivity contribution in [3.8, 4) is 0 Å². The van der Waals surface area contributed by atoms with Gasteiger partial charge < -0.3 is 95.2 Å². The van der Waals surface area contributed by atoms with E-state index in [0.29, 0.717) is 12.1 Å². The highest BCUT2D eigenvalue weighted by molar-refractivity contribution is 5.76. The highest BCUT2D eigenvalue weighted by atomic mass is 16.8. The zero-order valence-corrected chi connectivity index (χ0v) is 42.7. The molecule has 3 fully saturated rings. The minimum absolute atomic E-state index is 0.0221. The molecule has 2 amide bonds. The lowest BCUT2D eigenvalue weighted by atomic mass is 9.88. The second-order valence-electron chi connectivity index (χ2n) is 19.7. The molecule has 0 spiro atoms. The van der Waals surface area contributed by atoms with E-state index >= 15 is 0 Å². The van der Waals surface area contributed by atoms with Gasteiger partial charge in [0, 0.05) is 26.0 Å². The number of carbonyl (C=O) groups excluding carboxylic acids is 3. The average Bonchev–Trinajstić information content (AvgIpc) is 3.39. The van der Waals surface area contributed by atoms with Crippen LogP contribution in [0.4, 0.5) is 0 Å². The summed E-state index contributed by atoms with van der Waals surface area (Å²) in [4.78, 5) is 42.2. The number of unbranched alkanes of at least 4 members (excludes halogenated alkanes) is 14. The van der Waals surface area contributed by atoms with Crippen LogP contribution in [0, 0.1) is 0 Å². The molecule has 4 heterocycles. The Kier molecular flexibility index (Phi) is 28.4. The van der Waals surface area contributed by atoms with Gasteiger partial charge in [0.05, 0.1) is 56.4 Å². The number of nitrogens with zero attached hydrogens (tertiary/aromatic N) is 1. The van der Waals surface area contributed by atoms with Crippen molar-refractivity contribution in [3.05, 3.63) is 36.2 Å². The second-order valence-corrected chi connectivity index (χ2v) is 19.7. The van der Waals surface area contributed by atoms with Crippen LogP contribution in [0.5, 0.6) is 0 Å². The molecule has 1 aromatic rings. The Morgan fingerprint density at radius 1 is 0.797 bits per heavy atom. The van der Waals surface area contributed by atoms with Crippen LogP contribution in [0.2, 0.25) is 0 Å². The molecule has 1 aromatic heterocycles. The fourth-order valence-electron chi connectivity index (χ4n) is 9.41. The minimum atomic E-state index is -2.64. The topological polar surface area (TPSA) is 366 Å². The fraction of sp³-hybridized carbons (Fsp3) is 0.804. The Bertz CT molecular complexity index is 1770. The van der Waals surface area contributed by atoms with Gasteiger partial charge in [-0.25, -0.2) is 0 Å². The molecule has 0 aromatic carbocycles. The van der Waals surface area contributed by atoms with E-state index in [1.807, 2.05) is 0 Å². The van der Waals surface area contributed by atoms with Crippen molar-refractivity contribution in [2.75, 3.05) is 26.4 Å². The van der Waals surface area contributed by atoms with Crippen molar-refractivity contribution >= 4 is 24.2 Å². The van der Waals surface area contributed by atoms with Crippen LogP contribution < -0.4 is 10.6 Å². The lowest BCUT2D eigenvalue weighted by molar-refractivity contribution is -0.382. The molecule has 3 aliphatic heterocycles. The van der Waals surface area contributed by atoms with E-state index in [4.69, 9.17) is 28.4 Å². The summed E-state index contributed by atoms with van der Waals surface area (Å²) in [7, 11) is 0. The molecule has 0 bridgehead atoms. The second kappa shape index (κ2) is 33.2. The summed E-state index contributed by atoms with van der Waals surface area (Å²) >= 11 is 0. The lowest BCUT2D eigenvalue weighted by Gasteiger charge is -2.50. The van der Waals surface area contributed by atoms with Crippen molar-refractivity contribution in [2.24, 2.45) is 0 Å². The Morgan fingerprint density at radius 3 is 1.96 bits per heavy atom. The smallest absolute Gasteiger partial charge is 0.229 e. The van der Waals surface area contributed by atoms with Crippen LogP contribution in [-0.4, -0.2) is 215 Å². The van der Waals surface area contributed by atoms with Crippen LogP contribution >= 0.6 is 0 Å². The maximum absolute atomic E-state index is 13.2. The molecule has 0 saturated carbocycles. The van der Waals surface area contributed by atoms with Gasteiger partial charge in [-0.2, -0.15) is 0 Å². The van der Waals surface area contributed by atoms with Gasteiger partial charge in [-0.3, -0.25) is 19.4 Å². The first-order chi connectivity index (χ1) is 35.5. The number of nitrogens with one attached hydrogen (secondary N) is 2. The molecule has 4 rings (SSSR count). The third-order valence-corrected chi connectivity index (χ3v) is 13.7. The van der Waals surface area contributed by atoms with Gasteiger partial charge in [-0.1, -0.05) is 109 Å². The van der Waals surface area contributed by atoms with Gasteiger partial charge in [0.15, 0.2) is 18.9 Å². The van der Waals surface area contributed by atoms with Crippen molar-refractivity contribution in [1.29, 1.82) is 0 Å². The number of aromatic nitrogens is 1. The maximum atomic E-state index is 13.2. The molecule has 23 heteroatoms. The molecular weight excluding hydrogens is 975 g/mol. The van der Waals surface area contributed by atoms with E-state index in [0.717, 1.165) is 32.6 Å². The Morgan fingerprint density at radius 2 is 1.41 bits per heavy atom. The number of aliphatic hydroxyl groups is 11. The van der Waals surface area contributed by atoms with E-state index in [1.54, 1.807) is 30.5 Å². The molecular formula is C51H85N3O20. The van der Waals surface area contributed by atoms with Crippen molar-refractivity contribution in [2.45, 2.75) is 233 Å². The summed E-state index contributed by atoms with van der Waals surface area (Å²) in [6.07, 6.45) is -6.02. The molecule has 23 nitrogen and oxygen atoms in total. The highest BCUT2D eigenvalue weighted by Gasteiger charge is 2.57. The summed E-state index contributed by atoms with van der Waals surface area (Å²) in [5.74, 6) is -3.71. The standard InChI is InChI=1S/C51H85N3O20/c1-3-4-5-6-7-8-9-10-11-12-13-14-15-16-17-21-39(63)54-33(34(60)23-22-32-20-18-19-24-52-32)29-69-49-44(67)43(66)46(38(28-57)71-49)72-50-45(68)48(42(65)37(27-56)70-50)74-51(30-58)25-35(61)40(53-31(2)59)47(73-51)41(64)36(62)26-55/h18-20,22-24,30,33-38,40-50,55-57,60-62,64-68H,3-17,21,25-29H2,1-2H3,(H,53,59)(H,54,63)/b23-22+/t33-,34+,35?,36+,37?,38?,40?,41+,42-,43?,44?,45?,46+,47?,48?,49+,50-,51-/m0/s1. The highest BCUT2D eigenvalue weighted by Crippen LogP contribution is 2.37. The van der Waals surface area contributed by atoms with Crippen molar-refractivity contribution in [1.82, 2.24) is 15.6 Å². The summed E-state index contributed by atoms with van der Waals surface area (Å²) in [5.41, 5.74) is 0.524. The number of carbonyl (C=O) groups is 3. The van der Waals surface area contributed by atoms with Crippen LogP contribution in [0.3, 0.4) is 0 Å². The molecule has 0 aliphatic carbocycles. The number of aliphatic hydroxyl groups excluding tert-OH is 11. The fourth-order valence-corrected chi connectivity index (χ4v) is 9.41. The van der Waals surface area contributed by atoms with Gasteiger partial charge in [-0.05, 0) is 24.6 Å². The number of amides is 2. The predicted molar refractivity (Wildman–Crippen MR) is 263 cm³/mol. The zero-order chi connectivity index (χ0) is 54.2. The monoisotopic (exact) mass is 1060 g/mol. The first kappa shape index (κ1) is 63.4. The third-order valence-electron chi connectivity index (χ3n) is 13.7. The summed E-state index contributed by atoms with van der Waals surface area (Å²) < 4.78 is 34.7. The zero-order valence-electron chi connectivity index (χ0n) is 42.7.